The second-order valence-electron chi connectivity index (χ2n) is 4.19. The van der Waals surface area contributed by atoms with Crippen molar-refractivity contribution in [1.82, 2.24) is 20.1 Å². The number of aromatic nitrogens is 3. The third-order valence-electron chi connectivity index (χ3n) is 2.95. The minimum atomic E-state index is 0.282. The van der Waals surface area contributed by atoms with Crippen LogP contribution in [0.25, 0.3) is 0 Å². The molecule has 0 aliphatic heterocycles. The van der Waals surface area contributed by atoms with E-state index in [1.807, 2.05) is 16.7 Å². The van der Waals surface area contributed by atoms with Gasteiger partial charge in [0.15, 0.2) is 0 Å². The van der Waals surface area contributed by atoms with Crippen LogP contribution in [0.4, 0.5) is 0 Å². The van der Waals surface area contributed by atoms with E-state index in [0.717, 1.165) is 23.4 Å². The summed E-state index contributed by atoms with van der Waals surface area (Å²) in [5, 5.41) is 11.5. The zero-order valence-electron chi connectivity index (χ0n) is 10.6. The Morgan fingerprint density at radius 2 is 2.28 bits per heavy atom. The summed E-state index contributed by atoms with van der Waals surface area (Å²) in [7, 11) is 0. The molecule has 0 bridgehead atoms. The lowest BCUT2D eigenvalue weighted by Crippen LogP contribution is -2.20. The first kappa shape index (κ1) is 13.2. The molecule has 0 saturated carbocycles. The summed E-state index contributed by atoms with van der Waals surface area (Å²) in [5.41, 5.74) is 1.26. The lowest BCUT2D eigenvalue weighted by atomic mass is 10.1. The second kappa shape index (κ2) is 6.11. The van der Waals surface area contributed by atoms with Crippen LogP contribution in [0.2, 0.25) is 0 Å². The van der Waals surface area contributed by atoms with Crippen LogP contribution in [0.3, 0.4) is 0 Å². The maximum atomic E-state index is 4.11. The highest BCUT2D eigenvalue weighted by atomic mass is 79.9. The third-order valence-corrected chi connectivity index (χ3v) is 3.44. The van der Waals surface area contributed by atoms with Crippen molar-refractivity contribution < 1.29 is 0 Å². The number of nitrogens with one attached hydrogen (secondary N) is 1. The van der Waals surface area contributed by atoms with Gasteiger partial charge in [-0.25, -0.2) is 0 Å². The Bertz CT molecular complexity index is 509. The number of rotatable bonds is 5. The van der Waals surface area contributed by atoms with Crippen molar-refractivity contribution in [3.63, 3.8) is 0 Å². The van der Waals surface area contributed by atoms with Gasteiger partial charge in [-0.1, -0.05) is 28.1 Å². The van der Waals surface area contributed by atoms with E-state index in [4.69, 9.17) is 0 Å². The fourth-order valence-corrected chi connectivity index (χ4v) is 2.24. The van der Waals surface area contributed by atoms with E-state index >= 15 is 0 Å². The molecule has 0 fully saturated rings. The van der Waals surface area contributed by atoms with Crippen molar-refractivity contribution in [2.45, 2.75) is 33.0 Å². The Morgan fingerprint density at radius 3 is 3.00 bits per heavy atom. The van der Waals surface area contributed by atoms with Gasteiger partial charge in [0.1, 0.15) is 12.2 Å². The number of hydrogen-bond donors (Lipinski definition) is 1. The molecular formula is C13H17BrN4. The normalized spacial score (nSPS) is 12.6. The van der Waals surface area contributed by atoms with Crippen molar-refractivity contribution in [2.75, 3.05) is 0 Å². The van der Waals surface area contributed by atoms with Crippen LogP contribution < -0.4 is 5.32 Å². The molecule has 0 amide bonds. The minimum absolute atomic E-state index is 0.282. The molecule has 0 radical (unpaired) electrons. The summed E-state index contributed by atoms with van der Waals surface area (Å²) in [6.45, 7) is 5.86. The number of aryl methyl sites for hydroxylation is 1. The summed E-state index contributed by atoms with van der Waals surface area (Å²) in [6, 6.07) is 8.61. The molecule has 1 N–H and O–H groups in total. The fourth-order valence-electron chi connectivity index (χ4n) is 1.82. The molecule has 0 aliphatic carbocycles. The smallest absolute Gasteiger partial charge is 0.146 e. The molecule has 18 heavy (non-hydrogen) atoms. The number of benzene rings is 1. The van der Waals surface area contributed by atoms with E-state index in [9.17, 15) is 0 Å². The molecule has 1 aromatic carbocycles. The van der Waals surface area contributed by atoms with Crippen LogP contribution >= 0.6 is 15.9 Å². The molecule has 1 atom stereocenters. The lowest BCUT2D eigenvalue weighted by Gasteiger charge is -2.14. The molecular weight excluding hydrogens is 292 g/mol. The van der Waals surface area contributed by atoms with Crippen LogP contribution in [0, 0.1) is 0 Å². The predicted molar refractivity (Wildman–Crippen MR) is 75.1 cm³/mol. The van der Waals surface area contributed by atoms with Crippen LogP contribution in [-0.4, -0.2) is 14.8 Å². The molecule has 0 saturated heterocycles. The number of halogens is 1. The van der Waals surface area contributed by atoms with Gasteiger partial charge in [0.2, 0.25) is 0 Å². The van der Waals surface area contributed by atoms with Gasteiger partial charge >= 0.3 is 0 Å². The van der Waals surface area contributed by atoms with Crippen molar-refractivity contribution in [2.24, 2.45) is 0 Å². The van der Waals surface area contributed by atoms with Crippen LogP contribution in [0.15, 0.2) is 35.1 Å². The molecule has 1 aromatic heterocycles. The van der Waals surface area contributed by atoms with Crippen LogP contribution in [0.1, 0.15) is 31.3 Å². The number of nitrogens with zero attached hydrogens (tertiary/aromatic N) is 3. The van der Waals surface area contributed by atoms with Gasteiger partial charge in [0, 0.05) is 17.1 Å². The molecule has 0 spiro atoms. The average molecular weight is 309 g/mol. The third kappa shape index (κ3) is 3.17. The van der Waals surface area contributed by atoms with Gasteiger partial charge in [-0.2, -0.15) is 0 Å². The molecule has 5 heteroatoms. The van der Waals surface area contributed by atoms with Crippen molar-refractivity contribution in [3.05, 3.63) is 46.5 Å². The topological polar surface area (TPSA) is 42.7 Å². The zero-order valence-corrected chi connectivity index (χ0v) is 12.2. The summed E-state index contributed by atoms with van der Waals surface area (Å²) in [5.74, 6) is 0.972. The van der Waals surface area contributed by atoms with E-state index in [2.05, 4.69) is 57.4 Å². The van der Waals surface area contributed by atoms with Crippen molar-refractivity contribution >= 4 is 15.9 Å². The van der Waals surface area contributed by atoms with E-state index in [1.54, 1.807) is 6.33 Å². The van der Waals surface area contributed by atoms with Gasteiger partial charge < -0.3 is 9.88 Å². The first-order valence-corrected chi connectivity index (χ1v) is 6.85. The Morgan fingerprint density at radius 1 is 1.44 bits per heavy atom. The summed E-state index contributed by atoms with van der Waals surface area (Å²) in [6.07, 6.45) is 1.76. The Labute approximate surface area is 116 Å². The Balaban J connectivity index is 1.98. The van der Waals surface area contributed by atoms with Crippen LogP contribution in [0.5, 0.6) is 0 Å². The Kier molecular flexibility index (Phi) is 4.49. The molecule has 96 valence electrons. The van der Waals surface area contributed by atoms with E-state index in [1.165, 1.54) is 5.56 Å². The fraction of sp³-hybridized carbons (Fsp3) is 0.385. The summed E-state index contributed by atoms with van der Waals surface area (Å²) >= 11 is 3.49. The highest BCUT2D eigenvalue weighted by Gasteiger charge is 2.07. The lowest BCUT2D eigenvalue weighted by molar-refractivity contribution is 0.539. The zero-order chi connectivity index (χ0) is 13.0. The molecule has 4 nitrogen and oxygen atoms in total. The first-order chi connectivity index (χ1) is 8.70. The summed E-state index contributed by atoms with van der Waals surface area (Å²) < 4.78 is 3.14. The quantitative estimate of drug-likeness (QED) is 0.923. The van der Waals surface area contributed by atoms with Gasteiger partial charge in [-0.3, -0.25) is 0 Å². The first-order valence-electron chi connectivity index (χ1n) is 6.06. The Hall–Kier alpha value is -1.20. The molecule has 1 unspecified atom stereocenters. The largest absolute Gasteiger partial charge is 0.317 e. The maximum Gasteiger partial charge on any atom is 0.146 e. The SMILES string of the molecule is CCn1cnnc1CNC(C)c1cccc(Br)c1. The summed E-state index contributed by atoms with van der Waals surface area (Å²) in [4.78, 5) is 0. The van der Waals surface area contributed by atoms with Crippen molar-refractivity contribution in [3.8, 4) is 0 Å². The maximum absolute atomic E-state index is 4.11. The van der Waals surface area contributed by atoms with Gasteiger partial charge in [-0.05, 0) is 31.5 Å². The van der Waals surface area contributed by atoms with Crippen molar-refractivity contribution in [1.29, 1.82) is 0 Å². The number of hydrogen-bond acceptors (Lipinski definition) is 3. The molecule has 2 aromatic rings. The van der Waals surface area contributed by atoms with E-state index in [-0.39, 0.29) is 6.04 Å². The highest BCUT2D eigenvalue weighted by Crippen LogP contribution is 2.18. The average Bonchev–Trinajstić information content (AvgIpc) is 2.83. The van der Waals surface area contributed by atoms with E-state index in [0.29, 0.717) is 0 Å². The predicted octanol–water partition coefficient (Wildman–Crippen LogP) is 2.91. The standard InChI is InChI=1S/C13H17BrN4/c1-3-18-9-16-17-13(18)8-15-10(2)11-5-4-6-12(14)7-11/h4-7,9-10,15H,3,8H2,1-2H3. The highest BCUT2D eigenvalue weighted by molar-refractivity contribution is 9.10. The van der Waals surface area contributed by atoms with Gasteiger partial charge in [0.05, 0.1) is 6.54 Å². The van der Waals surface area contributed by atoms with Gasteiger partial charge in [0.25, 0.3) is 0 Å². The van der Waals surface area contributed by atoms with Gasteiger partial charge in [-0.15, -0.1) is 10.2 Å². The molecule has 2 rings (SSSR count). The van der Waals surface area contributed by atoms with Crippen LogP contribution in [-0.2, 0) is 13.1 Å². The minimum Gasteiger partial charge on any atom is -0.317 e. The monoisotopic (exact) mass is 308 g/mol. The second-order valence-corrected chi connectivity index (χ2v) is 5.11. The molecule has 1 heterocycles. The molecule has 0 aliphatic rings. The van der Waals surface area contributed by atoms with E-state index < -0.39 is 0 Å².